The monoisotopic (exact) mass is 1120 g/mol. The smallest absolute Gasteiger partial charge is 0.387 e. The van der Waals surface area contributed by atoms with Crippen molar-refractivity contribution in [1.82, 2.24) is 29.7 Å². The third kappa shape index (κ3) is 34.1. The van der Waals surface area contributed by atoms with Crippen molar-refractivity contribution in [2.75, 3.05) is 19.6 Å². The number of rotatable bonds is 10. The van der Waals surface area contributed by atoms with Crippen LogP contribution in [0, 0.1) is 0 Å². The Labute approximate surface area is 388 Å². The Balaban J connectivity index is 0.000000339. The first kappa shape index (κ1) is 60.2. The van der Waals surface area contributed by atoms with Crippen LogP contribution in [0.5, 0.6) is 0 Å². The van der Waals surface area contributed by atoms with Crippen LogP contribution in [0.3, 0.4) is 0 Å². The van der Waals surface area contributed by atoms with Gasteiger partial charge in [0.05, 0.1) is 42.5 Å². The number of hydrogen-bond acceptors (Lipinski definition) is 9. The Morgan fingerprint density at radius 2 is 1.10 bits per heavy atom. The molecule has 0 aromatic carbocycles. The molecule has 6 aromatic heterocycles. The van der Waals surface area contributed by atoms with Gasteiger partial charge in [-0.25, -0.2) is 9.55 Å². The van der Waals surface area contributed by atoms with Crippen molar-refractivity contribution >= 4 is 41.4 Å². The number of aliphatic imine (C=N–C) groups is 2. The van der Waals surface area contributed by atoms with E-state index < -0.39 is 29.5 Å². The molecule has 7 rings (SSSR count). The topological polar surface area (TPSA) is 126 Å². The molecule has 1 radical (unpaired) electrons. The van der Waals surface area contributed by atoms with Crippen LogP contribution in [0.1, 0.15) is 23.3 Å². The van der Waals surface area contributed by atoms with Crippen LogP contribution >= 0.6 is 23.4 Å². The number of ether oxygens (including phenoxy) is 1. The van der Waals surface area contributed by atoms with Gasteiger partial charge in [0, 0.05) is 43.8 Å². The zero-order valence-corrected chi connectivity index (χ0v) is 38.1. The van der Waals surface area contributed by atoms with Crippen LogP contribution in [-0.4, -0.2) is 73.7 Å². The SMILES string of the molecule is C(=NC[C@H]1CN[C@@H](c2ccccn2)O1)c1ccccn1.F[P-](F)(F)(F)(F)F.F[P-](F)(F)(F)(F)F.F[P-](F)(F)(F)(F)F.O[C@@H](CN=Cc1ccccn1)C[n+]1cc2ccccn2c1-c1ccccn1.[Fe+3]. The standard InChI is InChI=1S/C21H20N5O.C15H16N4O.3F6P.Fe/c27-19(14-22-13-17-7-1-4-10-23-17)16-25-15-18-8-3-6-12-26(18)21(25)20-9-2-5-11-24-20;1-3-7-17-12(5-1)9-16-10-13-11-19-15(20-13)14-6-2-4-8-18-14;3*1-7(2,3,4,5)6;/h1-13,15,19,27H,14,16H2;1-9,13,15,19H,10-11H2;;;;/q+1;;3*-1;+3/t19-;13-,15+;;;;/m00..../s1. The maximum atomic E-state index is 10.5. The summed E-state index contributed by atoms with van der Waals surface area (Å²) in [6.45, 7) is 2.12. The van der Waals surface area contributed by atoms with Gasteiger partial charge in [-0.15, -0.1) is 0 Å². The Morgan fingerprint density at radius 1 is 0.638 bits per heavy atom. The van der Waals surface area contributed by atoms with Gasteiger partial charge in [-0.1, -0.05) is 30.3 Å². The van der Waals surface area contributed by atoms with Gasteiger partial charge in [-0.05, 0) is 60.7 Å². The van der Waals surface area contributed by atoms with Gasteiger partial charge < -0.3 is 9.84 Å². The summed E-state index contributed by atoms with van der Waals surface area (Å²) < 4.78 is 188. The molecule has 69 heavy (non-hydrogen) atoms. The summed E-state index contributed by atoms with van der Waals surface area (Å²) in [5.74, 6) is 0.930. The van der Waals surface area contributed by atoms with Crippen molar-refractivity contribution in [3.63, 3.8) is 0 Å². The minimum Gasteiger partial charge on any atom is -0.387 e. The maximum absolute atomic E-state index is 10.7. The fourth-order valence-corrected chi connectivity index (χ4v) is 5.08. The van der Waals surface area contributed by atoms with Crippen molar-refractivity contribution in [2.45, 2.75) is 25.0 Å². The summed E-state index contributed by atoms with van der Waals surface area (Å²) in [7, 11) is -32.0. The second kappa shape index (κ2) is 20.8. The molecule has 0 saturated carbocycles. The number of aliphatic hydroxyl groups excluding tert-OH is 1. The van der Waals surface area contributed by atoms with Gasteiger partial charge in [0.2, 0.25) is 0 Å². The average Bonchev–Trinajstić information content (AvgIpc) is 3.81. The molecular weight excluding hydrogens is 1080 g/mol. The first-order valence-corrected chi connectivity index (χ1v) is 24.6. The largest absolute Gasteiger partial charge is 3.00 e. The predicted molar refractivity (Wildman–Crippen MR) is 221 cm³/mol. The van der Waals surface area contributed by atoms with Crippen LogP contribution in [0.4, 0.5) is 75.5 Å². The molecule has 7 heterocycles. The summed E-state index contributed by atoms with van der Waals surface area (Å²) in [5.41, 5.74) is 4.44. The maximum Gasteiger partial charge on any atom is 3.00 e. The van der Waals surface area contributed by atoms with E-state index in [1.54, 1.807) is 37.2 Å². The zero-order valence-electron chi connectivity index (χ0n) is 34.3. The first-order chi connectivity index (χ1) is 30.6. The number of pyridine rings is 5. The van der Waals surface area contributed by atoms with Crippen LogP contribution in [0.15, 0.2) is 138 Å². The molecule has 0 bridgehead atoms. The Bertz CT molecular complexity index is 2490. The van der Waals surface area contributed by atoms with Gasteiger partial charge in [0.15, 0.2) is 17.4 Å². The van der Waals surface area contributed by atoms with Gasteiger partial charge >= 0.3 is 122 Å². The molecule has 1 fully saturated rings. The van der Waals surface area contributed by atoms with E-state index in [4.69, 9.17) is 4.74 Å². The number of fused-ring (bicyclic) bond motifs is 1. The van der Waals surface area contributed by atoms with E-state index in [-0.39, 0.29) is 29.4 Å². The summed E-state index contributed by atoms with van der Waals surface area (Å²) in [5, 5.41) is 13.8. The van der Waals surface area contributed by atoms with E-state index in [0.717, 1.165) is 40.7 Å². The molecule has 33 heteroatoms. The normalized spacial score (nSPS) is 18.5. The summed E-state index contributed by atoms with van der Waals surface area (Å²) in [6.07, 6.45) is 13.8. The number of imidazole rings is 1. The summed E-state index contributed by atoms with van der Waals surface area (Å²) >= 11 is 0. The quantitative estimate of drug-likeness (QED) is 0.0460. The van der Waals surface area contributed by atoms with Crippen LogP contribution < -0.4 is 9.88 Å². The molecule has 6 aromatic rings. The molecule has 1 aliphatic rings. The number of aliphatic hydroxyl groups is 1. The third-order valence-corrected chi connectivity index (χ3v) is 7.24. The van der Waals surface area contributed by atoms with Crippen molar-refractivity contribution in [3.8, 4) is 11.5 Å². The third-order valence-electron chi connectivity index (χ3n) is 7.24. The molecule has 1 aliphatic heterocycles. The van der Waals surface area contributed by atoms with E-state index in [9.17, 15) is 80.7 Å². The van der Waals surface area contributed by atoms with Gasteiger partial charge in [0.25, 0.3) is 0 Å². The molecule has 385 valence electrons. The van der Waals surface area contributed by atoms with Crippen molar-refractivity contribution < 1.29 is 107 Å². The number of aromatic nitrogens is 6. The molecule has 1 saturated heterocycles. The van der Waals surface area contributed by atoms with Gasteiger partial charge in [-0.3, -0.25) is 30.3 Å². The molecule has 0 amide bonds. The van der Waals surface area contributed by atoms with E-state index >= 15 is 0 Å². The first-order valence-electron chi connectivity index (χ1n) is 18.5. The Hall–Kier alpha value is -4.94. The average molecular weight is 1120 g/mol. The summed E-state index contributed by atoms with van der Waals surface area (Å²) in [6, 6.07) is 29.1. The predicted octanol–water partition coefficient (Wildman–Crippen LogP) is 13.9. The van der Waals surface area contributed by atoms with E-state index in [2.05, 4.69) is 39.6 Å². The van der Waals surface area contributed by atoms with E-state index in [0.29, 0.717) is 19.6 Å². The van der Waals surface area contributed by atoms with E-state index in [1.807, 2.05) is 108 Å². The fraction of sp³-hybridized carbons (Fsp3) is 0.194. The molecule has 0 aliphatic carbocycles. The fourth-order valence-electron chi connectivity index (χ4n) is 5.08. The van der Waals surface area contributed by atoms with Crippen LogP contribution in [0.25, 0.3) is 17.0 Å². The second-order valence-corrected chi connectivity index (χ2v) is 19.4. The van der Waals surface area contributed by atoms with E-state index in [1.165, 1.54) is 0 Å². The van der Waals surface area contributed by atoms with Gasteiger partial charge in [0.1, 0.15) is 18.8 Å². The minimum absolute atomic E-state index is 0. The minimum atomic E-state index is -10.7. The second-order valence-electron chi connectivity index (χ2n) is 13.6. The Morgan fingerprint density at radius 3 is 1.57 bits per heavy atom. The van der Waals surface area contributed by atoms with Crippen molar-refractivity contribution in [3.05, 3.63) is 145 Å². The molecule has 0 spiro atoms. The summed E-state index contributed by atoms with van der Waals surface area (Å²) in [4.78, 5) is 25.9. The molecule has 2 N–H and O–H groups in total. The number of nitrogens with zero attached hydrogens (tertiary/aromatic N) is 8. The van der Waals surface area contributed by atoms with Crippen molar-refractivity contribution in [2.24, 2.45) is 9.98 Å². The number of nitrogens with one attached hydrogen (secondary N) is 1. The number of halogens is 18. The van der Waals surface area contributed by atoms with Gasteiger partial charge in [-0.2, -0.15) is 4.40 Å². The molecule has 0 unspecified atom stereocenters. The molecule has 11 nitrogen and oxygen atoms in total. The Kier molecular flexibility index (Phi) is 18.1. The van der Waals surface area contributed by atoms with Crippen molar-refractivity contribution in [1.29, 1.82) is 0 Å². The molecular formula is C36H36F18FeN9O2P3+. The number of hydrogen-bond donors (Lipinski definition) is 2. The zero-order chi connectivity index (χ0) is 51.3. The molecule has 3 atom stereocenters. The van der Waals surface area contributed by atoms with Crippen LogP contribution in [-0.2, 0) is 28.4 Å². The van der Waals surface area contributed by atoms with Crippen LogP contribution in [0.2, 0.25) is 0 Å².